The first-order valence-electron chi connectivity index (χ1n) is 5.86. The Bertz CT molecular complexity index is 454. The van der Waals surface area contributed by atoms with Crippen LogP contribution in [0.15, 0.2) is 11.4 Å². The van der Waals surface area contributed by atoms with Gasteiger partial charge >= 0.3 is 0 Å². The van der Waals surface area contributed by atoms with Crippen LogP contribution in [0.25, 0.3) is 0 Å². The summed E-state index contributed by atoms with van der Waals surface area (Å²) in [5, 5.41) is 14.1. The van der Waals surface area contributed by atoms with Crippen molar-refractivity contribution in [1.29, 1.82) is 5.26 Å². The summed E-state index contributed by atoms with van der Waals surface area (Å²) in [6.45, 7) is 6.55. The number of carbonyl (C=O) groups excluding carboxylic acids is 1. The van der Waals surface area contributed by atoms with E-state index >= 15 is 0 Å². The molecule has 98 valence electrons. The third-order valence-electron chi connectivity index (χ3n) is 2.54. The summed E-state index contributed by atoms with van der Waals surface area (Å²) in [7, 11) is 0. The predicted molar refractivity (Wildman–Crippen MR) is 74.3 cm³/mol. The molecule has 0 saturated carbocycles. The van der Waals surface area contributed by atoms with E-state index in [2.05, 4.69) is 32.2 Å². The van der Waals surface area contributed by atoms with Gasteiger partial charge < -0.3 is 11.1 Å². The van der Waals surface area contributed by atoms with Gasteiger partial charge in [0.15, 0.2) is 0 Å². The van der Waals surface area contributed by atoms with Crippen molar-refractivity contribution in [3.05, 3.63) is 17.0 Å². The first-order valence-corrected chi connectivity index (χ1v) is 6.74. The molecule has 1 unspecified atom stereocenters. The molecule has 1 atom stereocenters. The van der Waals surface area contributed by atoms with Crippen molar-refractivity contribution in [1.82, 2.24) is 0 Å². The van der Waals surface area contributed by atoms with Crippen LogP contribution in [0, 0.1) is 22.7 Å². The monoisotopic (exact) mass is 265 g/mol. The van der Waals surface area contributed by atoms with Crippen LogP contribution < -0.4 is 11.1 Å². The molecule has 0 aliphatic heterocycles. The Balaban J connectivity index is 2.72. The van der Waals surface area contributed by atoms with E-state index < -0.39 is 0 Å². The van der Waals surface area contributed by atoms with Crippen molar-refractivity contribution < 1.29 is 4.79 Å². The van der Waals surface area contributed by atoms with Crippen molar-refractivity contribution in [3.63, 3.8) is 0 Å². The summed E-state index contributed by atoms with van der Waals surface area (Å²) in [4.78, 5) is 12.1. The average Bonchev–Trinajstić information content (AvgIpc) is 2.71. The molecule has 0 bridgehead atoms. The van der Waals surface area contributed by atoms with Gasteiger partial charge in [0.1, 0.15) is 11.1 Å². The van der Waals surface area contributed by atoms with Crippen molar-refractivity contribution in [3.8, 4) is 6.07 Å². The van der Waals surface area contributed by atoms with E-state index in [9.17, 15) is 4.79 Å². The molecule has 1 amide bonds. The molecule has 0 aliphatic rings. The molecule has 0 radical (unpaired) electrons. The van der Waals surface area contributed by atoms with Gasteiger partial charge in [-0.15, -0.1) is 11.3 Å². The minimum Gasteiger partial charge on any atom is -0.330 e. The Kier molecular flexibility index (Phi) is 4.88. The van der Waals surface area contributed by atoms with Crippen molar-refractivity contribution in [2.24, 2.45) is 17.1 Å². The van der Waals surface area contributed by atoms with Crippen molar-refractivity contribution >= 4 is 22.2 Å². The molecule has 1 aromatic heterocycles. The Labute approximate surface area is 112 Å². The van der Waals surface area contributed by atoms with Crippen molar-refractivity contribution in [2.45, 2.75) is 27.2 Å². The largest absolute Gasteiger partial charge is 0.330 e. The molecule has 0 aromatic carbocycles. The number of thiophene rings is 1. The number of anilines is 1. The molecule has 4 nitrogen and oxygen atoms in total. The topological polar surface area (TPSA) is 78.9 Å². The molecular formula is C13H19N3OS. The molecule has 3 N–H and O–H groups in total. The third-order valence-corrected chi connectivity index (χ3v) is 3.37. The van der Waals surface area contributed by atoms with Gasteiger partial charge in [0.25, 0.3) is 0 Å². The standard InChI is InChI=1S/C13H19N3OS/c1-13(2,3)6-10(8-15)11(17)16-12-9(7-14)4-5-18-12/h4-5,10H,6,8,15H2,1-3H3,(H,16,17). The maximum atomic E-state index is 12.1. The molecule has 1 heterocycles. The van der Waals surface area contributed by atoms with E-state index in [0.717, 1.165) is 6.42 Å². The van der Waals surface area contributed by atoms with E-state index in [1.807, 2.05) is 0 Å². The predicted octanol–water partition coefficient (Wildman–Crippen LogP) is 2.57. The second-order valence-corrected chi connectivity index (χ2v) is 6.38. The molecule has 18 heavy (non-hydrogen) atoms. The lowest BCUT2D eigenvalue weighted by atomic mass is 9.84. The lowest BCUT2D eigenvalue weighted by Gasteiger charge is -2.24. The molecular weight excluding hydrogens is 246 g/mol. The fraction of sp³-hybridized carbons (Fsp3) is 0.538. The smallest absolute Gasteiger partial charge is 0.229 e. The van der Waals surface area contributed by atoms with Gasteiger partial charge in [0.2, 0.25) is 5.91 Å². The van der Waals surface area contributed by atoms with E-state index in [-0.39, 0.29) is 17.2 Å². The Morgan fingerprint density at radius 1 is 1.61 bits per heavy atom. The zero-order valence-electron chi connectivity index (χ0n) is 11.0. The van der Waals surface area contributed by atoms with Gasteiger partial charge in [0.05, 0.1) is 11.5 Å². The number of nitriles is 1. The van der Waals surface area contributed by atoms with Crippen LogP contribution in [0.2, 0.25) is 0 Å². The summed E-state index contributed by atoms with van der Waals surface area (Å²) in [6.07, 6.45) is 0.725. The van der Waals surface area contributed by atoms with Crippen molar-refractivity contribution in [2.75, 3.05) is 11.9 Å². The first-order chi connectivity index (χ1) is 8.37. The number of hydrogen-bond donors (Lipinski definition) is 2. The van der Waals surface area contributed by atoms with Crippen LogP contribution in [0.4, 0.5) is 5.00 Å². The number of nitrogens with one attached hydrogen (secondary N) is 1. The molecule has 1 rings (SSSR count). The number of nitrogens with zero attached hydrogens (tertiary/aromatic N) is 1. The highest BCUT2D eigenvalue weighted by Crippen LogP contribution is 2.27. The highest BCUT2D eigenvalue weighted by molar-refractivity contribution is 7.14. The van der Waals surface area contributed by atoms with Crippen LogP contribution in [0.1, 0.15) is 32.8 Å². The normalized spacial score (nSPS) is 12.8. The third kappa shape index (κ3) is 4.13. The van der Waals surface area contributed by atoms with E-state index in [0.29, 0.717) is 17.1 Å². The number of hydrogen-bond acceptors (Lipinski definition) is 4. The molecule has 0 fully saturated rings. The zero-order valence-corrected chi connectivity index (χ0v) is 11.8. The SMILES string of the molecule is CC(C)(C)CC(CN)C(=O)Nc1sccc1C#N. The maximum absolute atomic E-state index is 12.1. The molecule has 1 aromatic rings. The molecule has 0 saturated heterocycles. The van der Waals surface area contributed by atoms with Gasteiger partial charge in [-0.25, -0.2) is 0 Å². The van der Waals surface area contributed by atoms with E-state index in [4.69, 9.17) is 11.0 Å². The highest BCUT2D eigenvalue weighted by atomic mass is 32.1. The number of amides is 1. The van der Waals surface area contributed by atoms with Crippen LogP contribution in [0.5, 0.6) is 0 Å². The molecule has 0 aliphatic carbocycles. The Hall–Kier alpha value is -1.38. The summed E-state index contributed by atoms with van der Waals surface area (Å²) in [6, 6.07) is 3.75. The van der Waals surface area contributed by atoms with Crippen LogP contribution in [-0.4, -0.2) is 12.5 Å². The van der Waals surface area contributed by atoms with Crippen LogP contribution in [-0.2, 0) is 4.79 Å². The summed E-state index contributed by atoms with van der Waals surface area (Å²) in [5.74, 6) is -0.329. The minimum atomic E-state index is -0.223. The number of rotatable bonds is 4. The molecule has 0 spiro atoms. The van der Waals surface area contributed by atoms with Crippen LogP contribution >= 0.6 is 11.3 Å². The highest BCUT2D eigenvalue weighted by Gasteiger charge is 2.24. The second-order valence-electron chi connectivity index (χ2n) is 5.46. The van der Waals surface area contributed by atoms with Gasteiger partial charge in [-0.05, 0) is 23.3 Å². The number of nitrogens with two attached hydrogens (primary N) is 1. The van der Waals surface area contributed by atoms with Gasteiger partial charge in [-0.2, -0.15) is 5.26 Å². The van der Waals surface area contributed by atoms with Gasteiger partial charge in [-0.3, -0.25) is 4.79 Å². The Morgan fingerprint density at radius 3 is 2.78 bits per heavy atom. The summed E-state index contributed by atoms with van der Waals surface area (Å²) >= 11 is 1.35. The van der Waals surface area contributed by atoms with Gasteiger partial charge in [-0.1, -0.05) is 20.8 Å². The lowest BCUT2D eigenvalue weighted by Crippen LogP contribution is -2.32. The molecule has 5 heteroatoms. The Morgan fingerprint density at radius 2 is 2.28 bits per heavy atom. The number of carbonyl (C=O) groups is 1. The quantitative estimate of drug-likeness (QED) is 0.878. The summed E-state index contributed by atoms with van der Waals surface area (Å²) in [5.41, 5.74) is 6.21. The fourth-order valence-corrected chi connectivity index (χ4v) is 2.47. The fourth-order valence-electron chi connectivity index (χ4n) is 1.73. The van der Waals surface area contributed by atoms with E-state index in [1.54, 1.807) is 11.4 Å². The second kappa shape index (κ2) is 5.98. The van der Waals surface area contributed by atoms with Crippen LogP contribution in [0.3, 0.4) is 0 Å². The first kappa shape index (κ1) is 14.7. The average molecular weight is 265 g/mol. The maximum Gasteiger partial charge on any atom is 0.229 e. The lowest BCUT2D eigenvalue weighted by molar-refractivity contribution is -0.120. The minimum absolute atomic E-state index is 0.0505. The summed E-state index contributed by atoms with van der Waals surface area (Å²) < 4.78 is 0. The van der Waals surface area contributed by atoms with E-state index in [1.165, 1.54) is 11.3 Å². The zero-order chi connectivity index (χ0) is 13.8. The van der Waals surface area contributed by atoms with Gasteiger partial charge in [0, 0.05) is 6.54 Å².